The highest BCUT2D eigenvalue weighted by Crippen LogP contribution is 2.43. The van der Waals surface area contributed by atoms with Crippen molar-refractivity contribution in [2.24, 2.45) is 11.8 Å². The highest BCUT2D eigenvalue weighted by atomic mass is 28.4. The zero-order chi connectivity index (χ0) is 18.8. The number of hydrogen-bond acceptors (Lipinski definition) is 4. The second-order valence-corrected chi connectivity index (χ2v) is 14.3. The predicted molar refractivity (Wildman–Crippen MR) is 105 cm³/mol. The highest BCUT2D eigenvalue weighted by Gasteiger charge is 2.46. The van der Waals surface area contributed by atoms with Crippen LogP contribution in [0.2, 0.25) is 18.1 Å². The molecule has 0 spiro atoms. The van der Waals surface area contributed by atoms with Crippen LogP contribution < -0.4 is 5.32 Å². The molecule has 5 unspecified atom stereocenters. The minimum absolute atomic E-state index is 0.0337. The first-order valence-electron chi connectivity index (χ1n) is 10.1. The van der Waals surface area contributed by atoms with E-state index in [-0.39, 0.29) is 17.1 Å². The molecule has 4 nitrogen and oxygen atoms in total. The summed E-state index contributed by atoms with van der Waals surface area (Å²) in [6.07, 6.45) is 5.47. The summed E-state index contributed by atoms with van der Waals surface area (Å²) in [5, 5.41) is 4.05. The Kier molecular flexibility index (Phi) is 6.77. The summed E-state index contributed by atoms with van der Waals surface area (Å²) in [6.45, 7) is 16.2. The Balaban J connectivity index is 2.07. The van der Waals surface area contributed by atoms with Crippen LogP contribution >= 0.6 is 0 Å². The Labute approximate surface area is 155 Å². The first-order valence-corrected chi connectivity index (χ1v) is 13.1. The molecule has 5 atom stereocenters. The van der Waals surface area contributed by atoms with Crippen molar-refractivity contribution >= 4 is 14.3 Å². The van der Waals surface area contributed by atoms with E-state index in [0.29, 0.717) is 36.9 Å². The minimum Gasteiger partial charge on any atom is -0.466 e. The van der Waals surface area contributed by atoms with Gasteiger partial charge in [-0.25, -0.2) is 0 Å². The van der Waals surface area contributed by atoms with Gasteiger partial charge >= 0.3 is 5.97 Å². The standard InChI is InChI=1S/C20H39NO3Si/c1-8-23-19(22)12-15-10-9-11-17-16(15)13-18(14(2)21-17)24-25(6,7)20(3,4)5/h14-18,21H,8-13H2,1-7H3. The van der Waals surface area contributed by atoms with E-state index in [2.05, 4.69) is 46.1 Å². The molecule has 0 aromatic heterocycles. The van der Waals surface area contributed by atoms with Crippen LogP contribution in [0.3, 0.4) is 0 Å². The number of esters is 1. The van der Waals surface area contributed by atoms with Gasteiger partial charge in [0.2, 0.25) is 0 Å². The molecule has 0 aromatic rings. The van der Waals surface area contributed by atoms with Crippen LogP contribution in [0, 0.1) is 11.8 Å². The number of fused-ring (bicyclic) bond motifs is 1. The van der Waals surface area contributed by atoms with Crippen molar-refractivity contribution in [2.45, 2.75) is 103 Å². The molecular weight excluding hydrogens is 330 g/mol. The predicted octanol–water partition coefficient (Wildman–Crippen LogP) is 4.50. The van der Waals surface area contributed by atoms with Gasteiger partial charge in [-0.3, -0.25) is 4.79 Å². The molecule has 1 aliphatic heterocycles. The molecule has 1 aliphatic carbocycles. The summed E-state index contributed by atoms with van der Waals surface area (Å²) in [5.41, 5.74) is 0. The molecule has 0 aromatic carbocycles. The second kappa shape index (κ2) is 8.09. The third-order valence-electron chi connectivity index (χ3n) is 6.74. The molecular formula is C20H39NO3Si. The Bertz CT molecular complexity index is 460. The molecule has 2 fully saturated rings. The lowest BCUT2D eigenvalue weighted by molar-refractivity contribution is -0.145. The smallest absolute Gasteiger partial charge is 0.306 e. The normalized spacial score (nSPS) is 33.6. The zero-order valence-corrected chi connectivity index (χ0v) is 18.4. The van der Waals surface area contributed by atoms with Gasteiger partial charge in [0.25, 0.3) is 0 Å². The van der Waals surface area contributed by atoms with Gasteiger partial charge in [0.15, 0.2) is 8.32 Å². The van der Waals surface area contributed by atoms with Gasteiger partial charge in [-0.15, -0.1) is 0 Å². The molecule has 1 saturated heterocycles. The van der Waals surface area contributed by atoms with Crippen LogP contribution in [0.25, 0.3) is 0 Å². The van der Waals surface area contributed by atoms with Crippen LogP contribution in [0.1, 0.15) is 66.7 Å². The van der Waals surface area contributed by atoms with Crippen molar-refractivity contribution < 1.29 is 14.0 Å². The van der Waals surface area contributed by atoms with E-state index in [0.717, 1.165) is 12.8 Å². The third kappa shape index (κ3) is 5.07. The molecule has 146 valence electrons. The van der Waals surface area contributed by atoms with E-state index in [4.69, 9.17) is 9.16 Å². The molecule has 1 heterocycles. The van der Waals surface area contributed by atoms with Gasteiger partial charge < -0.3 is 14.5 Å². The monoisotopic (exact) mass is 369 g/mol. The topological polar surface area (TPSA) is 47.6 Å². The summed E-state index contributed by atoms with van der Waals surface area (Å²) in [6, 6.07) is 0.916. The molecule has 0 bridgehead atoms. The summed E-state index contributed by atoms with van der Waals surface area (Å²) >= 11 is 0. The van der Waals surface area contributed by atoms with Crippen molar-refractivity contribution in [3.63, 3.8) is 0 Å². The van der Waals surface area contributed by atoms with Crippen LogP contribution in [-0.2, 0) is 14.0 Å². The summed E-state index contributed by atoms with van der Waals surface area (Å²) in [5.74, 6) is 0.932. The fourth-order valence-corrected chi connectivity index (χ4v) is 5.64. The van der Waals surface area contributed by atoms with Crippen molar-refractivity contribution in [3.8, 4) is 0 Å². The van der Waals surface area contributed by atoms with Gasteiger partial charge in [0.05, 0.1) is 12.7 Å². The highest BCUT2D eigenvalue weighted by molar-refractivity contribution is 6.74. The minimum atomic E-state index is -1.79. The van der Waals surface area contributed by atoms with Gasteiger partial charge in [0.1, 0.15) is 0 Å². The number of hydrogen-bond donors (Lipinski definition) is 1. The maximum atomic E-state index is 12.0. The Morgan fingerprint density at radius 1 is 1.24 bits per heavy atom. The second-order valence-electron chi connectivity index (χ2n) is 9.58. The number of carbonyl (C=O) groups excluding carboxylic acids is 1. The maximum Gasteiger partial charge on any atom is 0.306 e. The largest absolute Gasteiger partial charge is 0.466 e. The van der Waals surface area contributed by atoms with E-state index in [9.17, 15) is 4.79 Å². The lowest BCUT2D eigenvalue weighted by Gasteiger charge is -2.50. The van der Waals surface area contributed by atoms with E-state index >= 15 is 0 Å². The maximum absolute atomic E-state index is 12.0. The van der Waals surface area contributed by atoms with Crippen molar-refractivity contribution in [1.29, 1.82) is 0 Å². The Hall–Kier alpha value is -0.393. The fourth-order valence-electron chi connectivity index (χ4n) is 4.23. The lowest BCUT2D eigenvalue weighted by atomic mass is 9.69. The molecule has 5 heteroatoms. The first kappa shape index (κ1) is 20.9. The molecule has 0 amide bonds. The SMILES string of the molecule is CCOC(=O)CC1CCCC2NC(C)C(O[Si](C)(C)C(C)(C)C)CC12. The average molecular weight is 370 g/mol. The fraction of sp³-hybridized carbons (Fsp3) is 0.950. The molecule has 2 rings (SSSR count). The average Bonchev–Trinajstić information content (AvgIpc) is 2.47. The van der Waals surface area contributed by atoms with Crippen molar-refractivity contribution in [3.05, 3.63) is 0 Å². The number of rotatable bonds is 5. The third-order valence-corrected chi connectivity index (χ3v) is 11.2. The van der Waals surface area contributed by atoms with E-state index in [1.165, 1.54) is 12.8 Å². The molecule has 1 saturated carbocycles. The summed E-state index contributed by atoms with van der Waals surface area (Å²) in [7, 11) is -1.79. The number of piperidine rings is 1. The quantitative estimate of drug-likeness (QED) is 0.573. The Morgan fingerprint density at radius 2 is 1.92 bits per heavy atom. The summed E-state index contributed by atoms with van der Waals surface area (Å²) in [4.78, 5) is 12.0. The van der Waals surface area contributed by atoms with Crippen LogP contribution in [0.15, 0.2) is 0 Å². The Morgan fingerprint density at radius 3 is 2.52 bits per heavy atom. The van der Waals surface area contributed by atoms with E-state index in [1.807, 2.05) is 6.92 Å². The lowest BCUT2D eigenvalue weighted by Crippen LogP contribution is -2.60. The van der Waals surface area contributed by atoms with E-state index in [1.54, 1.807) is 0 Å². The molecule has 1 N–H and O–H groups in total. The van der Waals surface area contributed by atoms with Gasteiger partial charge in [-0.05, 0) is 63.1 Å². The van der Waals surface area contributed by atoms with Crippen LogP contribution in [0.4, 0.5) is 0 Å². The van der Waals surface area contributed by atoms with Gasteiger partial charge in [-0.2, -0.15) is 0 Å². The number of nitrogens with one attached hydrogen (secondary N) is 1. The van der Waals surface area contributed by atoms with Crippen LogP contribution in [-0.4, -0.2) is 39.1 Å². The zero-order valence-electron chi connectivity index (χ0n) is 17.4. The summed E-state index contributed by atoms with van der Waals surface area (Å²) < 4.78 is 12.0. The number of carbonyl (C=O) groups is 1. The van der Waals surface area contributed by atoms with Crippen molar-refractivity contribution in [1.82, 2.24) is 5.32 Å². The molecule has 25 heavy (non-hydrogen) atoms. The van der Waals surface area contributed by atoms with Gasteiger partial charge in [0, 0.05) is 18.5 Å². The van der Waals surface area contributed by atoms with Crippen molar-refractivity contribution in [2.75, 3.05) is 6.61 Å². The number of ether oxygens (including phenoxy) is 1. The van der Waals surface area contributed by atoms with Gasteiger partial charge in [-0.1, -0.05) is 27.2 Å². The first-order chi connectivity index (χ1) is 11.5. The molecule has 2 aliphatic rings. The molecule has 0 radical (unpaired) electrons. The van der Waals surface area contributed by atoms with Crippen LogP contribution in [0.5, 0.6) is 0 Å². The van der Waals surface area contributed by atoms with E-state index < -0.39 is 8.32 Å².